The Balaban J connectivity index is 1.51. The highest BCUT2D eigenvalue weighted by molar-refractivity contribution is 6.30. The molecule has 7 nitrogen and oxygen atoms in total. The number of carbonyl (C=O) groups excluding carboxylic acids is 3. The summed E-state index contributed by atoms with van der Waals surface area (Å²) in [5.41, 5.74) is 3.39. The largest absolute Gasteiger partial charge is 0.488 e. The molecule has 3 rings (SSSR count). The van der Waals surface area contributed by atoms with Gasteiger partial charge in [0.2, 0.25) is 0 Å². The molecule has 0 aromatic heterocycles. The molecule has 1 aliphatic rings. The number of imide groups is 1. The van der Waals surface area contributed by atoms with Gasteiger partial charge in [0.05, 0.1) is 5.57 Å². The van der Waals surface area contributed by atoms with Crippen LogP contribution in [0.1, 0.15) is 16.7 Å². The molecule has 1 aliphatic heterocycles. The molecular weight excluding hydrogens is 396 g/mol. The molecule has 0 aliphatic carbocycles. The normalized spacial score (nSPS) is 12.2. The highest BCUT2D eigenvalue weighted by Crippen LogP contribution is 2.29. The summed E-state index contributed by atoms with van der Waals surface area (Å²) in [5, 5.41) is 5.20. The topological polar surface area (TPSA) is 93.7 Å². The van der Waals surface area contributed by atoms with E-state index in [0.717, 1.165) is 11.1 Å². The first-order chi connectivity index (χ1) is 13.8. The van der Waals surface area contributed by atoms with Crippen LogP contribution in [0.5, 0.6) is 5.75 Å². The molecular formula is C21H19ClN2O5. The number of hydrogen-bond donors (Lipinski definition) is 2. The molecule has 3 amide bonds. The molecule has 29 heavy (non-hydrogen) atoms. The summed E-state index contributed by atoms with van der Waals surface area (Å²) >= 11 is 5.94. The minimum Gasteiger partial charge on any atom is -0.488 e. The van der Waals surface area contributed by atoms with Crippen molar-refractivity contribution in [2.45, 2.75) is 13.8 Å². The van der Waals surface area contributed by atoms with Gasteiger partial charge in [0.1, 0.15) is 12.4 Å². The lowest BCUT2D eigenvalue weighted by molar-refractivity contribution is -0.144. The molecule has 0 saturated heterocycles. The summed E-state index contributed by atoms with van der Waals surface area (Å²) in [6.07, 6.45) is 1.60. The van der Waals surface area contributed by atoms with Crippen LogP contribution in [0.3, 0.4) is 0 Å². The van der Waals surface area contributed by atoms with Crippen LogP contribution >= 0.6 is 11.6 Å². The zero-order valence-corrected chi connectivity index (χ0v) is 16.6. The van der Waals surface area contributed by atoms with Crippen LogP contribution in [0.2, 0.25) is 5.02 Å². The average Bonchev–Trinajstić information content (AvgIpc) is 2.67. The third kappa shape index (κ3) is 5.36. The second-order valence-corrected chi connectivity index (χ2v) is 6.97. The quantitative estimate of drug-likeness (QED) is 0.745. The van der Waals surface area contributed by atoms with Gasteiger partial charge in [-0.05, 0) is 49.8 Å². The smallest absolute Gasteiger partial charge is 0.338 e. The van der Waals surface area contributed by atoms with Gasteiger partial charge in [-0.15, -0.1) is 0 Å². The van der Waals surface area contributed by atoms with E-state index in [1.165, 1.54) is 0 Å². The van der Waals surface area contributed by atoms with Crippen LogP contribution in [-0.4, -0.2) is 31.1 Å². The van der Waals surface area contributed by atoms with Gasteiger partial charge in [0, 0.05) is 16.3 Å². The number of halogens is 1. The first-order valence-electron chi connectivity index (χ1n) is 8.80. The van der Waals surface area contributed by atoms with Gasteiger partial charge in [-0.3, -0.25) is 10.1 Å². The first kappa shape index (κ1) is 20.4. The van der Waals surface area contributed by atoms with Crippen LogP contribution in [0.4, 0.5) is 10.5 Å². The Labute approximate surface area is 172 Å². The van der Waals surface area contributed by atoms with Crippen molar-refractivity contribution >= 4 is 41.3 Å². The molecule has 2 N–H and O–H groups in total. The van der Waals surface area contributed by atoms with Crippen LogP contribution in [0.25, 0.3) is 6.08 Å². The Bertz CT molecular complexity index is 1020. The van der Waals surface area contributed by atoms with E-state index in [0.29, 0.717) is 22.0 Å². The van der Waals surface area contributed by atoms with Gasteiger partial charge in [-0.25, -0.2) is 9.59 Å². The zero-order chi connectivity index (χ0) is 21.0. The lowest BCUT2D eigenvalue weighted by Gasteiger charge is -2.17. The fourth-order valence-electron chi connectivity index (χ4n) is 2.76. The molecule has 1 heterocycles. The molecule has 0 atom stereocenters. The minimum absolute atomic E-state index is 0.0161. The molecule has 2 aromatic carbocycles. The van der Waals surface area contributed by atoms with E-state index in [-0.39, 0.29) is 12.2 Å². The van der Waals surface area contributed by atoms with Crippen molar-refractivity contribution in [3.63, 3.8) is 0 Å². The summed E-state index contributed by atoms with van der Waals surface area (Å²) < 4.78 is 10.4. The van der Waals surface area contributed by atoms with Crippen molar-refractivity contribution in [3.8, 4) is 5.75 Å². The number of rotatable bonds is 4. The Morgan fingerprint density at radius 3 is 2.69 bits per heavy atom. The molecule has 0 bridgehead atoms. The van der Waals surface area contributed by atoms with Crippen molar-refractivity contribution in [2.24, 2.45) is 0 Å². The van der Waals surface area contributed by atoms with Gasteiger partial charge in [0.15, 0.2) is 6.61 Å². The molecule has 2 aromatic rings. The van der Waals surface area contributed by atoms with Crippen molar-refractivity contribution in [2.75, 3.05) is 18.5 Å². The standard InChI is InChI=1S/C21H19ClN2O5/c1-12-3-5-17(13(2)7-12)23-21(27)24-19(25)11-29-20(26)15-8-14-9-16(22)4-6-18(14)28-10-15/h3-9H,10-11H2,1-2H3,(H2,23,24,25,27). The molecule has 0 spiro atoms. The zero-order valence-electron chi connectivity index (χ0n) is 15.9. The van der Waals surface area contributed by atoms with E-state index in [2.05, 4.69) is 10.6 Å². The van der Waals surface area contributed by atoms with Gasteiger partial charge < -0.3 is 14.8 Å². The van der Waals surface area contributed by atoms with Crippen molar-refractivity contribution < 1.29 is 23.9 Å². The van der Waals surface area contributed by atoms with Crippen LogP contribution < -0.4 is 15.4 Å². The number of urea groups is 1. The minimum atomic E-state index is -0.749. The molecule has 150 valence electrons. The van der Waals surface area contributed by atoms with E-state index in [1.54, 1.807) is 30.3 Å². The lowest BCUT2D eigenvalue weighted by atomic mass is 10.1. The number of fused-ring (bicyclic) bond motifs is 1. The van der Waals surface area contributed by atoms with Crippen molar-refractivity contribution in [1.29, 1.82) is 0 Å². The fraction of sp³-hybridized carbons (Fsp3) is 0.190. The van der Waals surface area contributed by atoms with E-state index in [4.69, 9.17) is 21.1 Å². The number of nitrogens with one attached hydrogen (secondary N) is 2. The molecule has 0 saturated carbocycles. The summed E-state index contributed by atoms with van der Waals surface area (Å²) in [7, 11) is 0. The summed E-state index contributed by atoms with van der Waals surface area (Å²) in [6.45, 7) is 3.20. The van der Waals surface area contributed by atoms with E-state index in [1.807, 2.05) is 26.0 Å². The number of ether oxygens (including phenoxy) is 2. The van der Waals surface area contributed by atoms with Gasteiger partial charge in [-0.1, -0.05) is 29.3 Å². The monoisotopic (exact) mass is 414 g/mol. The Morgan fingerprint density at radius 1 is 1.14 bits per heavy atom. The third-order valence-corrected chi connectivity index (χ3v) is 4.40. The van der Waals surface area contributed by atoms with Crippen LogP contribution in [-0.2, 0) is 14.3 Å². The summed E-state index contributed by atoms with van der Waals surface area (Å²) in [6, 6.07) is 9.84. The highest BCUT2D eigenvalue weighted by Gasteiger charge is 2.20. The maximum atomic E-state index is 12.2. The number of benzene rings is 2. The fourth-order valence-corrected chi connectivity index (χ4v) is 2.94. The van der Waals surface area contributed by atoms with Gasteiger partial charge in [-0.2, -0.15) is 0 Å². The van der Waals surface area contributed by atoms with Gasteiger partial charge in [0.25, 0.3) is 5.91 Å². The van der Waals surface area contributed by atoms with E-state index >= 15 is 0 Å². The second-order valence-electron chi connectivity index (χ2n) is 6.54. The lowest BCUT2D eigenvalue weighted by Crippen LogP contribution is -2.37. The number of amides is 3. The number of esters is 1. The number of anilines is 1. The SMILES string of the molecule is Cc1ccc(NC(=O)NC(=O)COC(=O)C2=Cc3cc(Cl)ccc3OC2)c(C)c1. The maximum Gasteiger partial charge on any atom is 0.338 e. The molecule has 0 unspecified atom stereocenters. The number of carbonyl (C=O) groups is 3. The predicted octanol–water partition coefficient (Wildman–Crippen LogP) is 3.62. The van der Waals surface area contributed by atoms with Crippen LogP contribution in [0.15, 0.2) is 42.0 Å². The Morgan fingerprint density at radius 2 is 1.93 bits per heavy atom. The van der Waals surface area contributed by atoms with E-state index in [9.17, 15) is 14.4 Å². The maximum absolute atomic E-state index is 12.2. The first-order valence-corrected chi connectivity index (χ1v) is 9.18. The van der Waals surface area contributed by atoms with Crippen molar-refractivity contribution in [3.05, 3.63) is 63.7 Å². The number of aryl methyl sites for hydroxylation is 2. The molecule has 8 heteroatoms. The second kappa shape index (κ2) is 8.79. The average molecular weight is 415 g/mol. The Hall–Kier alpha value is -3.32. The Kier molecular flexibility index (Phi) is 6.19. The third-order valence-electron chi connectivity index (χ3n) is 4.16. The summed E-state index contributed by atoms with van der Waals surface area (Å²) in [5.74, 6) is -0.853. The van der Waals surface area contributed by atoms with Crippen LogP contribution in [0, 0.1) is 13.8 Å². The predicted molar refractivity (Wildman–Crippen MR) is 109 cm³/mol. The molecule has 0 fully saturated rings. The number of hydrogen-bond acceptors (Lipinski definition) is 5. The van der Waals surface area contributed by atoms with Gasteiger partial charge >= 0.3 is 12.0 Å². The van der Waals surface area contributed by atoms with Crippen molar-refractivity contribution in [1.82, 2.24) is 5.32 Å². The highest BCUT2D eigenvalue weighted by atomic mass is 35.5. The summed E-state index contributed by atoms with van der Waals surface area (Å²) in [4.78, 5) is 36.0. The van der Waals surface area contributed by atoms with E-state index < -0.39 is 24.5 Å². The molecule has 0 radical (unpaired) electrons.